The topological polar surface area (TPSA) is 183 Å². The van der Waals surface area contributed by atoms with Gasteiger partial charge in [0.1, 0.15) is 5.82 Å². The molecule has 3 heterocycles. The number of hydrogen-bond donors (Lipinski definition) is 5. The summed E-state index contributed by atoms with van der Waals surface area (Å²) in [6.45, 7) is 6.66. The predicted molar refractivity (Wildman–Crippen MR) is 151 cm³/mol. The van der Waals surface area contributed by atoms with Gasteiger partial charge in [-0.05, 0) is 44.5 Å². The van der Waals surface area contributed by atoms with Gasteiger partial charge < -0.3 is 41.1 Å². The largest absolute Gasteiger partial charge is 0.478 e. The SMILES string of the molecule is CCc1nc(C(N)=O)c(Nc2ccc(N3CCN(C)CC3)c(F)c2)nc1NC1CCOCC1.O=C(O)/C=C/C(=O)O. The summed E-state index contributed by atoms with van der Waals surface area (Å²) in [5.41, 5.74) is 7.33. The van der Waals surface area contributed by atoms with E-state index in [2.05, 4.69) is 32.5 Å². The Kier molecular flexibility index (Phi) is 11.4. The Bertz CT molecular complexity index is 1240. The Labute approximate surface area is 237 Å². The van der Waals surface area contributed by atoms with Gasteiger partial charge in [-0.3, -0.25) is 4.79 Å². The minimum absolute atomic E-state index is 0.0351. The van der Waals surface area contributed by atoms with Crippen LogP contribution in [0.15, 0.2) is 30.4 Å². The van der Waals surface area contributed by atoms with Crippen LogP contribution in [0.1, 0.15) is 35.9 Å². The highest BCUT2D eigenvalue weighted by molar-refractivity contribution is 5.96. The van der Waals surface area contributed by atoms with Crippen molar-refractivity contribution in [3.05, 3.63) is 47.6 Å². The number of ether oxygens (including phenoxy) is 1. The summed E-state index contributed by atoms with van der Waals surface area (Å²) in [4.78, 5) is 44.6. The molecule has 1 aromatic heterocycles. The van der Waals surface area contributed by atoms with Crippen LogP contribution in [0.2, 0.25) is 0 Å². The van der Waals surface area contributed by atoms with Gasteiger partial charge in [0.25, 0.3) is 5.91 Å². The zero-order valence-corrected chi connectivity index (χ0v) is 23.1. The number of carbonyl (C=O) groups is 3. The molecule has 0 atom stereocenters. The summed E-state index contributed by atoms with van der Waals surface area (Å²) in [6.07, 6.45) is 3.44. The van der Waals surface area contributed by atoms with E-state index in [4.69, 9.17) is 20.7 Å². The highest BCUT2D eigenvalue weighted by atomic mass is 19.1. The number of aliphatic carboxylic acids is 2. The molecule has 1 amide bonds. The Morgan fingerprint density at radius 2 is 1.71 bits per heavy atom. The molecule has 1 aromatic carbocycles. The molecule has 0 unspecified atom stereocenters. The van der Waals surface area contributed by atoms with E-state index in [1.807, 2.05) is 11.8 Å². The third-order valence-electron chi connectivity index (χ3n) is 6.52. The van der Waals surface area contributed by atoms with E-state index < -0.39 is 17.8 Å². The van der Waals surface area contributed by atoms with Gasteiger partial charge >= 0.3 is 11.9 Å². The second-order valence-corrected chi connectivity index (χ2v) is 9.56. The summed E-state index contributed by atoms with van der Waals surface area (Å²) >= 11 is 0. The molecule has 14 heteroatoms. The summed E-state index contributed by atoms with van der Waals surface area (Å²) < 4.78 is 20.4. The molecule has 4 rings (SSSR count). The van der Waals surface area contributed by atoms with Crippen LogP contribution in [0, 0.1) is 5.82 Å². The average Bonchev–Trinajstić information content (AvgIpc) is 2.93. The lowest BCUT2D eigenvalue weighted by atomic mass is 10.1. The van der Waals surface area contributed by atoms with Crippen molar-refractivity contribution in [1.29, 1.82) is 0 Å². The number of nitrogens with two attached hydrogens (primary N) is 1. The molecule has 2 aliphatic rings. The van der Waals surface area contributed by atoms with Gasteiger partial charge in [0.05, 0.1) is 11.4 Å². The van der Waals surface area contributed by atoms with Gasteiger partial charge in [-0.2, -0.15) is 0 Å². The van der Waals surface area contributed by atoms with Crippen molar-refractivity contribution < 1.29 is 33.7 Å². The molecule has 6 N–H and O–H groups in total. The molecular weight excluding hydrogens is 537 g/mol. The van der Waals surface area contributed by atoms with Crippen LogP contribution in [-0.4, -0.2) is 95.4 Å². The molecule has 0 aliphatic carbocycles. The quantitative estimate of drug-likeness (QED) is 0.276. The van der Waals surface area contributed by atoms with E-state index in [0.717, 1.165) is 39.0 Å². The first-order valence-corrected chi connectivity index (χ1v) is 13.3. The molecule has 0 bridgehead atoms. The summed E-state index contributed by atoms with van der Waals surface area (Å²) in [5.74, 6) is -2.72. The minimum Gasteiger partial charge on any atom is -0.478 e. The van der Waals surface area contributed by atoms with Crippen molar-refractivity contribution in [2.75, 3.05) is 62.0 Å². The van der Waals surface area contributed by atoms with E-state index >= 15 is 0 Å². The molecule has 0 radical (unpaired) electrons. The number of primary amides is 1. The molecule has 13 nitrogen and oxygen atoms in total. The van der Waals surface area contributed by atoms with Gasteiger partial charge in [-0.25, -0.2) is 23.9 Å². The number of carboxylic acids is 2. The van der Waals surface area contributed by atoms with Crippen molar-refractivity contribution in [2.45, 2.75) is 32.2 Å². The number of carboxylic acid groups (broad SMARTS) is 2. The first kappa shape index (κ1) is 31.2. The third kappa shape index (κ3) is 9.39. The number of hydrogen-bond acceptors (Lipinski definition) is 10. The smallest absolute Gasteiger partial charge is 0.328 e. The zero-order chi connectivity index (χ0) is 29.9. The van der Waals surface area contributed by atoms with Crippen LogP contribution < -0.4 is 21.3 Å². The minimum atomic E-state index is -1.26. The fraction of sp³-hybridized carbons (Fsp3) is 0.444. The molecule has 41 heavy (non-hydrogen) atoms. The van der Waals surface area contributed by atoms with Crippen molar-refractivity contribution >= 4 is 40.9 Å². The molecule has 0 saturated carbocycles. The number of aryl methyl sites for hydroxylation is 1. The number of benzene rings is 1. The number of aromatic nitrogens is 2. The van der Waals surface area contributed by atoms with Crippen molar-refractivity contribution in [3.8, 4) is 0 Å². The van der Waals surface area contributed by atoms with Crippen molar-refractivity contribution in [2.24, 2.45) is 5.73 Å². The molecule has 2 saturated heterocycles. The van der Waals surface area contributed by atoms with Crippen LogP contribution in [0.4, 0.5) is 27.4 Å². The van der Waals surface area contributed by atoms with Crippen molar-refractivity contribution in [3.63, 3.8) is 0 Å². The van der Waals surface area contributed by atoms with E-state index in [0.29, 0.717) is 54.7 Å². The van der Waals surface area contributed by atoms with Gasteiger partial charge in [-0.1, -0.05) is 6.92 Å². The van der Waals surface area contributed by atoms with E-state index in [-0.39, 0.29) is 23.4 Å². The van der Waals surface area contributed by atoms with Gasteiger partial charge in [0.2, 0.25) is 0 Å². The van der Waals surface area contributed by atoms with Crippen LogP contribution in [0.5, 0.6) is 0 Å². The number of carbonyl (C=O) groups excluding carboxylic acids is 1. The number of rotatable bonds is 9. The molecular formula is C27H36FN7O6. The first-order valence-electron chi connectivity index (χ1n) is 13.3. The number of nitrogens with one attached hydrogen (secondary N) is 2. The number of nitrogens with zero attached hydrogens (tertiary/aromatic N) is 4. The third-order valence-corrected chi connectivity index (χ3v) is 6.52. The Balaban J connectivity index is 0.000000507. The normalized spacial score (nSPS) is 16.1. The highest BCUT2D eigenvalue weighted by Gasteiger charge is 2.22. The Hall–Kier alpha value is -4.30. The zero-order valence-electron chi connectivity index (χ0n) is 23.1. The van der Waals surface area contributed by atoms with Crippen molar-refractivity contribution in [1.82, 2.24) is 14.9 Å². The summed E-state index contributed by atoms with van der Waals surface area (Å²) in [7, 11) is 2.06. The fourth-order valence-corrected chi connectivity index (χ4v) is 4.29. The number of halogens is 1. The van der Waals surface area contributed by atoms with Gasteiger partial charge in [0.15, 0.2) is 17.3 Å². The number of amides is 1. The summed E-state index contributed by atoms with van der Waals surface area (Å²) in [5, 5.41) is 22.1. The van der Waals surface area contributed by atoms with Crippen LogP contribution in [0.3, 0.4) is 0 Å². The molecule has 222 valence electrons. The number of piperazine rings is 1. The van der Waals surface area contributed by atoms with Crippen LogP contribution in [-0.2, 0) is 20.7 Å². The maximum Gasteiger partial charge on any atom is 0.328 e. The van der Waals surface area contributed by atoms with E-state index in [1.54, 1.807) is 12.1 Å². The molecule has 2 aliphatic heterocycles. The Morgan fingerprint density at radius 3 is 2.24 bits per heavy atom. The number of anilines is 4. The maximum absolute atomic E-state index is 15.0. The van der Waals surface area contributed by atoms with E-state index in [9.17, 15) is 18.8 Å². The predicted octanol–water partition coefficient (Wildman–Crippen LogP) is 2.08. The lowest BCUT2D eigenvalue weighted by Crippen LogP contribution is -2.44. The van der Waals surface area contributed by atoms with Crippen LogP contribution in [0.25, 0.3) is 0 Å². The lowest BCUT2D eigenvalue weighted by Gasteiger charge is -2.34. The lowest BCUT2D eigenvalue weighted by molar-refractivity contribution is -0.134. The average molecular weight is 574 g/mol. The summed E-state index contributed by atoms with van der Waals surface area (Å²) in [6, 6.07) is 5.16. The molecule has 2 aromatic rings. The Morgan fingerprint density at radius 1 is 1.07 bits per heavy atom. The molecule has 0 spiro atoms. The van der Waals surface area contributed by atoms with Crippen LogP contribution >= 0.6 is 0 Å². The first-order chi connectivity index (χ1) is 19.6. The standard InChI is InChI=1S/C23H32FN7O2.C4H4O4/c1-3-18-22(26-15-6-12-33-13-7-15)29-23(20(28-18)21(25)32)27-16-4-5-19(17(24)14-16)31-10-8-30(2)9-11-31;5-3(6)1-2-4(7)8/h4-5,14-15H,3,6-13H2,1-2H3,(H2,25,32)(H2,26,27,29);1-2H,(H,5,6)(H,7,8)/b;2-1+. The highest BCUT2D eigenvalue weighted by Crippen LogP contribution is 2.28. The maximum atomic E-state index is 15.0. The molecule has 2 fully saturated rings. The monoisotopic (exact) mass is 573 g/mol. The second kappa shape index (κ2) is 14.9. The fourth-order valence-electron chi connectivity index (χ4n) is 4.29. The van der Waals surface area contributed by atoms with E-state index in [1.165, 1.54) is 6.07 Å². The van der Waals surface area contributed by atoms with Gasteiger partial charge in [0, 0.05) is 63.3 Å². The van der Waals surface area contributed by atoms with Gasteiger partial charge in [-0.15, -0.1) is 0 Å². The number of likely N-dealkylation sites (N-methyl/N-ethyl adjacent to an activating group) is 1. The second-order valence-electron chi connectivity index (χ2n) is 9.56.